The SMILES string of the molecule is CC(=O)[C-]=C(C)C.[Y]. The third-order valence-corrected chi connectivity index (χ3v) is 0.426. The number of hydrogen-bond acceptors (Lipinski definition) is 1. The fourth-order valence-corrected chi connectivity index (χ4v) is 0.352. The molecule has 0 aliphatic heterocycles. The summed E-state index contributed by atoms with van der Waals surface area (Å²) in [6.07, 6.45) is 2.58. The molecule has 0 fully saturated rings. The molecule has 43 valence electrons. The molecule has 0 atom stereocenters. The molecule has 0 aliphatic carbocycles. The van der Waals surface area contributed by atoms with Crippen LogP contribution in [-0.2, 0) is 37.5 Å². The van der Waals surface area contributed by atoms with Gasteiger partial charge in [-0.1, -0.05) is 13.8 Å². The first kappa shape index (κ1) is 11.3. The molecule has 0 heterocycles. The number of Topliss-reactive ketones (excluding diaryl/α,β-unsaturated/α-hetero) is 1. The van der Waals surface area contributed by atoms with Gasteiger partial charge in [0.1, 0.15) is 0 Å². The molecule has 0 aliphatic rings. The molecule has 0 amide bonds. The fraction of sp³-hybridized carbons (Fsp3) is 0.500. The molecule has 0 rings (SSSR count). The zero-order valence-electron chi connectivity index (χ0n) is 5.49. The van der Waals surface area contributed by atoms with Crippen molar-refractivity contribution >= 4 is 5.78 Å². The minimum atomic E-state index is 0. The normalized spacial score (nSPS) is 6.88. The monoisotopic (exact) mass is 186 g/mol. The Balaban J connectivity index is 0. The Morgan fingerprint density at radius 3 is 1.62 bits per heavy atom. The summed E-state index contributed by atoms with van der Waals surface area (Å²) in [5.74, 6) is 0.000000000000000444. The summed E-state index contributed by atoms with van der Waals surface area (Å²) < 4.78 is 0. The van der Waals surface area contributed by atoms with E-state index in [1.807, 2.05) is 13.8 Å². The van der Waals surface area contributed by atoms with E-state index in [1.165, 1.54) is 6.92 Å². The van der Waals surface area contributed by atoms with Gasteiger partial charge in [-0.3, -0.25) is 5.57 Å². The minimum Gasteiger partial charge on any atom is -0.429 e. The molecule has 2 heteroatoms. The number of carbonyl (C=O) groups excluding carboxylic acids is 1. The average Bonchev–Trinajstić information content (AvgIpc) is 1.27. The number of rotatable bonds is 1. The van der Waals surface area contributed by atoms with Crippen LogP contribution in [0.1, 0.15) is 20.8 Å². The van der Waals surface area contributed by atoms with E-state index < -0.39 is 0 Å². The van der Waals surface area contributed by atoms with E-state index in [0.29, 0.717) is 0 Å². The van der Waals surface area contributed by atoms with Crippen LogP contribution in [0.4, 0.5) is 0 Å². The maximum atomic E-state index is 10.1. The van der Waals surface area contributed by atoms with Crippen molar-refractivity contribution in [1.29, 1.82) is 0 Å². The zero-order valence-corrected chi connectivity index (χ0v) is 8.32. The van der Waals surface area contributed by atoms with Crippen LogP contribution in [0.25, 0.3) is 0 Å². The minimum absolute atomic E-state index is 0. The first-order valence-electron chi connectivity index (χ1n) is 2.20. The largest absolute Gasteiger partial charge is 0.429 e. The Morgan fingerprint density at radius 2 is 1.62 bits per heavy atom. The molecule has 8 heavy (non-hydrogen) atoms. The first-order chi connectivity index (χ1) is 3.13. The standard InChI is InChI=1S/C6H9O.Y/c1-5(2)4-6(3)7;/h1-3H3;/q-1;. The van der Waals surface area contributed by atoms with Gasteiger partial charge in [0.2, 0.25) is 0 Å². The van der Waals surface area contributed by atoms with E-state index in [4.69, 9.17) is 0 Å². The first-order valence-corrected chi connectivity index (χ1v) is 2.20. The van der Waals surface area contributed by atoms with Crippen LogP contribution in [0.3, 0.4) is 0 Å². The Bertz CT molecular complexity index is 101. The second-order valence-electron chi connectivity index (χ2n) is 1.68. The number of ketones is 1. The second kappa shape index (κ2) is 5.65. The van der Waals surface area contributed by atoms with Crippen LogP contribution < -0.4 is 0 Å². The van der Waals surface area contributed by atoms with Crippen LogP contribution in [0.15, 0.2) is 5.57 Å². The zero-order chi connectivity index (χ0) is 5.86. The third-order valence-electron chi connectivity index (χ3n) is 0.426. The molecule has 0 aromatic rings. The predicted octanol–water partition coefficient (Wildman–Crippen LogP) is 1.34. The van der Waals surface area contributed by atoms with Gasteiger partial charge in [0.25, 0.3) is 0 Å². The van der Waals surface area contributed by atoms with Crippen molar-refractivity contribution in [3.63, 3.8) is 0 Å². The van der Waals surface area contributed by atoms with Crippen LogP contribution in [0, 0.1) is 6.08 Å². The molecular formula is C6H9OY-. The summed E-state index contributed by atoms with van der Waals surface area (Å²) in [6.45, 7) is 5.19. The second-order valence-corrected chi connectivity index (χ2v) is 1.68. The van der Waals surface area contributed by atoms with Crippen molar-refractivity contribution in [2.24, 2.45) is 0 Å². The summed E-state index contributed by atoms with van der Waals surface area (Å²) in [6, 6.07) is 0. The molecule has 0 N–H and O–H groups in total. The van der Waals surface area contributed by atoms with E-state index in [-0.39, 0.29) is 38.5 Å². The van der Waals surface area contributed by atoms with Crippen LogP contribution in [-0.4, -0.2) is 5.78 Å². The fourth-order valence-electron chi connectivity index (χ4n) is 0.352. The van der Waals surface area contributed by atoms with Gasteiger partial charge in [0.15, 0.2) is 0 Å². The topological polar surface area (TPSA) is 17.1 Å². The smallest absolute Gasteiger partial charge is 0 e. The van der Waals surface area contributed by atoms with Gasteiger partial charge in [0, 0.05) is 32.7 Å². The number of allylic oxidation sites excluding steroid dienone is 2. The van der Waals surface area contributed by atoms with Gasteiger partial charge in [-0.15, -0.1) is 0 Å². The quantitative estimate of drug-likeness (QED) is 0.446. The molecular weight excluding hydrogens is 177 g/mol. The van der Waals surface area contributed by atoms with E-state index in [2.05, 4.69) is 6.08 Å². The third kappa shape index (κ3) is 9.72. The Labute approximate surface area is 75.4 Å². The average molecular weight is 186 g/mol. The summed E-state index contributed by atoms with van der Waals surface area (Å²) >= 11 is 0. The maximum absolute atomic E-state index is 10.1. The summed E-state index contributed by atoms with van der Waals surface area (Å²) in [5.41, 5.74) is 0.938. The summed E-state index contributed by atoms with van der Waals surface area (Å²) in [5, 5.41) is 0. The molecule has 0 spiro atoms. The van der Waals surface area contributed by atoms with Gasteiger partial charge >= 0.3 is 0 Å². The van der Waals surface area contributed by atoms with Crippen LogP contribution in [0.2, 0.25) is 0 Å². The van der Waals surface area contributed by atoms with Gasteiger partial charge in [-0.05, 0) is 12.7 Å². The van der Waals surface area contributed by atoms with E-state index in [0.717, 1.165) is 5.57 Å². The maximum Gasteiger partial charge on any atom is 0 e. The van der Waals surface area contributed by atoms with Gasteiger partial charge in [-0.2, -0.15) is 0 Å². The van der Waals surface area contributed by atoms with E-state index >= 15 is 0 Å². The molecule has 1 radical (unpaired) electrons. The van der Waals surface area contributed by atoms with Crippen molar-refractivity contribution in [2.75, 3.05) is 0 Å². The molecule has 1 nitrogen and oxygen atoms in total. The van der Waals surface area contributed by atoms with Gasteiger partial charge < -0.3 is 10.9 Å². The van der Waals surface area contributed by atoms with Crippen LogP contribution >= 0.6 is 0 Å². The van der Waals surface area contributed by atoms with Crippen molar-refractivity contribution < 1.29 is 37.5 Å². The van der Waals surface area contributed by atoms with Crippen molar-refractivity contribution in [3.05, 3.63) is 11.6 Å². The van der Waals surface area contributed by atoms with Crippen LogP contribution in [0.5, 0.6) is 0 Å². The Morgan fingerprint density at radius 1 is 1.25 bits per heavy atom. The predicted molar refractivity (Wildman–Crippen MR) is 28.8 cm³/mol. The van der Waals surface area contributed by atoms with Crippen molar-refractivity contribution in [3.8, 4) is 0 Å². The summed E-state index contributed by atoms with van der Waals surface area (Å²) in [4.78, 5) is 10.1. The Hall–Kier alpha value is 0.514. The van der Waals surface area contributed by atoms with Crippen molar-refractivity contribution in [2.45, 2.75) is 20.8 Å². The molecule has 0 saturated carbocycles. The van der Waals surface area contributed by atoms with E-state index in [9.17, 15) is 4.79 Å². The van der Waals surface area contributed by atoms with Gasteiger partial charge in [0.05, 0.1) is 0 Å². The Kier molecular flexibility index (Phi) is 8.00. The van der Waals surface area contributed by atoms with Crippen molar-refractivity contribution in [1.82, 2.24) is 0 Å². The molecule has 0 unspecified atom stereocenters. The number of carbonyl (C=O) groups is 1. The molecule has 0 bridgehead atoms. The van der Waals surface area contributed by atoms with E-state index in [1.54, 1.807) is 0 Å². The molecule has 0 aromatic heterocycles. The number of hydrogen-bond donors (Lipinski definition) is 0. The molecule has 0 aromatic carbocycles. The molecule has 0 saturated heterocycles. The summed E-state index contributed by atoms with van der Waals surface area (Å²) in [7, 11) is 0. The van der Waals surface area contributed by atoms with Gasteiger partial charge in [-0.25, -0.2) is 0 Å².